The van der Waals surface area contributed by atoms with Crippen LogP contribution in [0.15, 0.2) is 17.8 Å². The molecule has 1 N–H and O–H groups in total. The Labute approximate surface area is 129 Å². The van der Waals surface area contributed by atoms with Gasteiger partial charge >= 0.3 is 0 Å². The van der Waals surface area contributed by atoms with E-state index in [2.05, 4.69) is 5.32 Å². The second kappa shape index (κ2) is 6.47. The first-order valence-electron chi connectivity index (χ1n) is 6.35. The van der Waals surface area contributed by atoms with Crippen LogP contribution in [0.4, 0.5) is 0 Å². The Bertz CT molecular complexity index is 651. The van der Waals surface area contributed by atoms with Crippen molar-refractivity contribution in [3.05, 3.63) is 29.2 Å². The van der Waals surface area contributed by atoms with Crippen LogP contribution in [0.1, 0.15) is 25.2 Å². The van der Waals surface area contributed by atoms with Crippen molar-refractivity contribution in [1.82, 2.24) is 9.88 Å². The highest BCUT2D eigenvalue weighted by atomic mass is 35.5. The van der Waals surface area contributed by atoms with Gasteiger partial charge in [0.15, 0.2) is 11.4 Å². The lowest BCUT2D eigenvalue weighted by Gasteiger charge is -2.20. The molecular formula is C15H17ClN4O. The number of carbonyl (C=O) groups is 1. The minimum atomic E-state index is -0.828. The average molecular weight is 305 g/mol. The molecule has 1 rings (SSSR count). The molecule has 1 aromatic rings. The van der Waals surface area contributed by atoms with Crippen LogP contribution in [0.5, 0.6) is 0 Å². The van der Waals surface area contributed by atoms with Gasteiger partial charge in [-0.1, -0.05) is 0 Å². The molecule has 0 atom stereocenters. The van der Waals surface area contributed by atoms with Crippen molar-refractivity contribution in [3.8, 4) is 12.1 Å². The normalized spacial score (nSPS) is 12.1. The Morgan fingerprint density at radius 2 is 1.81 bits per heavy atom. The number of aryl methyl sites for hydroxylation is 2. The van der Waals surface area contributed by atoms with Gasteiger partial charge in [0, 0.05) is 17.3 Å². The van der Waals surface area contributed by atoms with Crippen LogP contribution in [-0.4, -0.2) is 16.4 Å². The van der Waals surface area contributed by atoms with E-state index in [1.165, 1.54) is 0 Å². The van der Waals surface area contributed by atoms with E-state index in [1.807, 2.05) is 38.1 Å². The minimum absolute atomic E-state index is 0.0805. The topological polar surface area (TPSA) is 81.6 Å². The van der Waals surface area contributed by atoms with E-state index in [9.17, 15) is 15.3 Å². The lowest BCUT2D eigenvalue weighted by Crippen LogP contribution is -2.38. The smallest absolute Gasteiger partial charge is 0.231 e. The Hall–Kier alpha value is -2.24. The van der Waals surface area contributed by atoms with Crippen molar-refractivity contribution in [2.45, 2.75) is 27.7 Å². The maximum absolute atomic E-state index is 12.1. The lowest BCUT2D eigenvalue weighted by molar-refractivity contribution is -0.127. The van der Waals surface area contributed by atoms with Crippen molar-refractivity contribution in [2.75, 3.05) is 5.88 Å². The third kappa shape index (κ3) is 3.45. The van der Waals surface area contributed by atoms with Gasteiger partial charge in [0.25, 0.3) is 0 Å². The summed E-state index contributed by atoms with van der Waals surface area (Å²) < 4.78 is 1.63. The van der Waals surface area contributed by atoms with Gasteiger partial charge in [-0.2, -0.15) is 10.5 Å². The van der Waals surface area contributed by atoms with Gasteiger partial charge in [0.05, 0.1) is 5.41 Å². The van der Waals surface area contributed by atoms with E-state index < -0.39 is 11.3 Å². The number of carbonyl (C=O) groups excluding carboxylic acids is 1. The number of nitrogens with zero attached hydrogens (tertiary/aromatic N) is 3. The van der Waals surface area contributed by atoms with Gasteiger partial charge < -0.3 is 9.88 Å². The van der Waals surface area contributed by atoms with Gasteiger partial charge in [0.1, 0.15) is 12.1 Å². The summed E-state index contributed by atoms with van der Waals surface area (Å²) in [6, 6.07) is 7.55. The quantitative estimate of drug-likeness (QED) is 0.686. The molecule has 0 unspecified atom stereocenters. The molecule has 1 heterocycles. The molecule has 0 spiro atoms. The number of halogens is 1. The monoisotopic (exact) mass is 304 g/mol. The average Bonchev–Trinajstić information content (AvgIpc) is 2.78. The second-order valence-corrected chi connectivity index (χ2v) is 5.64. The number of hydrogen-bond acceptors (Lipinski definition) is 3. The van der Waals surface area contributed by atoms with E-state index in [0.29, 0.717) is 0 Å². The summed E-state index contributed by atoms with van der Waals surface area (Å²) in [6.45, 7) is 6.98. The van der Waals surface area contributed by atoms with Crippen LogP contribution in [0.25, 0.3) is 5.70 Å². The fraction of sp³-hybridized carbons (Fsp3) is 0.400. The summed E-state index contributed by atoms with van der Waals surface area (Å²) in [5.74, 6) is -0.287. The zero-order valence-electron chi connectivity index (χ0n) is 12.5. The van der Waals surface area contributed by atoms with Crippen molar-refractivity contribution < 1.29 is 4.79 Å². The Balaban J connectivity index is 3.32. The summed E-state index contributed by atoms with van der Waals surface area (Å²) in [6.07, 6.45) is 0. The molecule has 0 aliphatic rings. The van der Waals surface area contributed by atoms with E-state index >= 15 is 0 Å². The summed E-state index contributed by atoms with van der Waals surface area (Å²) in [4.78, 5) is 12.1. The number of rotatable bonds is 4. The van der Waals surface area contributed by atoms with Gasteiger partial charge in [0.2, 0.25) is 5.91 Å². The molecule has 0 radical (unpaired) electrons. The molecule has 21 heavy (non-hydrogen) atoms. The zero-order chi connectivity index (χ0) is 16.2. The molecule has 0 saturated heterocycles. The highest BCUT2D eigenvalue weighted by Crippen LogP contribution is 2.20. The van der Waals surface area contributed by atoms with Crippen LogP contribution in [0, 0.1) is 41.9 Å². The van der Waals surface area contributed by atoms with E-state index in [0.717, 1.165) is 11.4 Å². The van der Waals surface area contributed by atoms with Crippen molar-refractivity contribution >= 4 is 23.2 Å². The van der Waals surface area contributed by atoms with E-state index in [4.69, 9.17) is 11.6 Å². The van der Waals surface area contributed by atoms with E-state index in [-0.39, 0.29) is 17.3 Å². The summed E-state index contributed by atoms with van der Waals surface area (Å²) in [5.41, 5.74) is 0.801. The first-order chi connectivity index (χ1) is 9.78. The van der Waals surface area contributed by atoms with Crippen molar-refractivity contribution in [3.63, 3.8) is 0 Å². The van der Waals surface area contributed by atoms with Crippen LogP contribution in [-0.2, 0) is 4.79 Å². The minimum Gasteiger partial charge on any atom is -0.314 e. The third-order valence-electron chi connectivity index (χ3n) is 3.14. The van der Waals surface area contributed by atoms with Gasteiger partial charge in [-0.25, -0.2) is 0 Å². The number of aromatic nitrogens is 1. The van der Waals surface area contributed by atoms with Crippen LogP contribution in [0.3, 0.4) is 0 Å². The first kappa shape index (κ1) is 16.8. The summed E-state index contributed by atoms with van der Waals surface area (Å²) in [7, 11) is 0. The molecular weight excluding hydrogens is 288 g/mol. The van der Waals surface area contributed by atoms with Gasteiger partial charge in [-0.15, -0.1) is 11.6 Å². The molecule has 1 amide bonds. The number of nitrogens with one attached hydrogen (secondary N) is 1. The first-order valence-corrected chi connectivity index (χ1v) is 6.89. The molecule has 5 nitrogen and oxygen atoms in total. The molecule has 110 valence electrons. The number of nitriles is 2. The van der Waals surface area contributed by atoms with Crippen LogP contribution in [0.2, 0.25) is 0 Å². The molecule has 1 aromatic heterocycles. The number of amides is 1. The van der Waals surface area contributed by atoms with Gasteiger partial charge in [-0.3, -0.25) is 4.79 Å². The second-order valence-electron chi connectivity index (χ2n) is 5.37. The number of alkyl halides is 1. The Morgan fingerprint density at radius 1 is 1.29 bits per heavy atom. The standard InChI is InChI=1S/C15H17ClN4O/c1-10-5-6-11(2)20(10)13(8-18)12(7-17)19-14(21)15(3,4)9-16/h5-6H,9H2,1-4H3,(H,19,21). The van der Waals surface area contributed by atoms with Gasteiger partial charge in [-0.05, 0) is 39.8 Å². The van der Waals surface area contributed by atoms with E-state index in [1.54, 1.807) is 18.4 Å². The molecule has 0 saturated carbocycles. The Kier molecular flexibility index (Phi) is 5.18. The number of hydrogen-bond donors (Lipinski definition) is 1. The van der Waals surface area contributed by atoms with Crippen LogP contribution < -0.4 is 5.32 Å². The van der Waals surface area contributed by atoms with Crippen molar-refractivity contribution in [2.24, 2.45) is 5.41 Å². The molecule has 0 bridgehead atoms. The SMILES string of the molecule is Cc1ccc(C)n1C(C#N)=C(C#N)NC(=O)C(C)(C)CCl. The lowest BCUT2D eigenvalue weighted by atomic mass is 9.95. The summed E-state index contributed by atoms with van der Waals surface area (Å²) in [5, 5.41) is 21.1. The number of allylic oxidation sites excluding steroid dienone is 2. The molecule has 0 aliphatic heterocycles. The predicted octanol–water partition coefficient (Wildman–Crippen LogP) is 2.70. The summed E-state index contributed by atoms with van der Waals surface area (Å²) >= 11 is 5.75. The largest absolute Gasteiger partial charge is 0.314 e. The Morgan fingerprint density at radius 3 is 2.19 bits per heavy atom. The molecule has 0 fully saturated rings. The van der Waals surface area contributed by atoms with Crippen LogP contribution >= 0.6 is 11.6 Å². The molecule has 0 aromatic carbocycles. The van der Waals surface area contributed by atoms with Crippen molar-refractivity contribution in [1.29, 1.82) is 10.5 Å². The maximum atomic E-state index is 12.1. The predicted molar refractivity (Wildman–Crippen MR) is 81.0 cm³/mol. The highest BCUT2D eigenvalue weighted by molar-refractivity contribution is 6.19. The highest BCUT2D eigenvalue weighted by Gasteiger charge is 2.28. The molecule has 6 heteroatoms. The third-order valence-corrected chi connectivity index (χ3v) is 3.80. The fourth-order valence-corrected chi connectivity index (χ4v) is 1.84. The fourth-order valence-electron chi connectivity index (χ4n) is 1.72. The maximum Gasteiger partial charge on any atom is 0.231 e. The molecule has 0 aliphatic carbocycles. The zero-order valence-corrected chi connectivity index (χ0v) is 13.2.